The van der Waals surface area contributed by atoms with Gasteiger partial charge in [0.05, 0.1) is 6.61 Å². The van der Waals surface area contributed by atoms with Gasteiger partial charge >= 0.3 is 6.09 Å². The SMILES string of the molecule is CCCOC(=O)Nc1cc(C(=O)NC)ccc1C. The number of benzene rings is 1. The van der Waals surface area contributed by atoms with Gasteiger partial charge in [0.25, 0.3) is 5.91 Å². The van der Waals surface area contributed by atoms with E-state index >= 15 is 0 Å². The van der Waals surface area contributed by atoms with Crippen molar-refractivity contribution in [1.29, 1.82) is 0 Å². The number of amides is 2. The highest BCUT2D eigenvalue weighted by molar-refractivity contribution is 5.96. The molecule has 2 N–H and O–H groups in total. The zero-order valence-corrected chi connectivity index (χ0v) is 10.9. The second kappa shape index (κ2) is 6.64. The average Bonchev–Trinajstić information content (AvgIpc) is 2.38. The molecular weight excluding hydrogens is 232 g/mol. The number of carbonyl (C=O) groups is 2. The van der Waals surface area contributed by atoms with Crippen molar-refractivity contribution in [3.8, 4) is 0 Å². The van der Waals surface area contributed by atoms with Gasteiger partial charge in [0.1, 0.15) is 0 Å². The highest BCUT2D eigenvalue weighted by Gasteiger charge is 2.09. The van der Waals surface area contributed by atoms with Gasteiger partial charge in [0, 0.05) is 18.3 Å². The van der Waals surface area contributed by atoms with E-state index in [-0.39, 0.29) is 5.91 Å². The van der Waals surface area contributed by atoms with Crippen LogP contribution in [0.5, 0.6) is 0 Å². The third kappa shape index (κ3) is 3.76. The molecule has 98 valence electrons. The van der Waals surface area contributed by atoms with Gasteiger partial charge in [-0.3, -0.25) is 10.1 Å². The number of rotatable bonds is 4. The molecule has 0 unspecified atom stereocenters. The van der Waals surface area contributed by atoms with Crippen LogP contribution in [0.4, 0.5) is 10.5 Å². The Balaban J connectivity index is 2.81. The Morgan fingerprint density at radius 2 is 2.06 bits per heavy atom. The molecular formula is C13H18N2O3. The maximum absolute atomic E-state index is 11.5. The fourth-order valence-electron chi connectivity index (χ4n) is 1.38. The van der Waals surface area contributed by atoms with Gasteiger partial charge in [0.15, 0.2) is 0 Å². The number of hydrogen-bond donors (Lipinski definition) is 2. The molecule has 0 bridgehead atoms. The first-order valence-corrected chi connectivity index (χ1v) is 5.85. The topological polar surface area (TPSA) is 67.4 Å². The van der Waals surface area contributed by atoms with Crippen LogP contribution in [-0.4, -0.2) is 25.7 Å². The van der Waals surface area contributed by atoms with Crippen LogP contribution in [0, 0.1) is 6.92 Å². The molecule has 18 heavy (non-hydrogen) atoms. The van der Waals surface area contributed by atoms with E-state index in [2.05, 4.69) is 10.6 Å². The van der Waals surface area contributed by atoms with Gasteiger partial charge < -0.3 is 10.1 Å². The highest BCUT2D eigenvalue weighted by Crippen LogP contribution is 2.17. The number of carbonyl (C=O) groups excluding carboxylic acids is 2. The maximum atomic E-state index is 11.5. The van der Waals surface area contributed by atoms with Gasteiger partial charge in [-0.05, 0) is 31.0 Å². The summed E-state index contributed by atoms with van der Waals surface area (Å²) in [5.74, 6) is -0.194. The Hall–Kier alpha value is -2.04. The van der Waals surface area contributed by atoms with Crippen molar-refractivity contribution in [2.24, 2.45) is 0 Å². The zero-order chi connectivity index (χ0) is 13.5. The lowest BCUT2D eigenvalue weighted by atomic mass is 10.1. The summed E-state index contributed by atoms with van der Waals surface area (Å²) in [6.07, 6.45) is 0.263. The van der Waals surface area contributed by atoms with Crippen LogP contribution in [0.25, 0.3) is 0 Å². The van der Waals surface area contributed by atoms with Crippen molar-refractivity contribution in [3.63, 3.8) is 0 Å². The summed E-state index contributed by atoms with van der Waals surface area (Å²) in [6.45, 7) is 4.15. The summed E-state index contributed by atoms with van der Waals surface area (Å²) in [4.78, 5) is 22.9. The van der Waals surface area contributed by atoms with Crippen molar-refractivity contribution in [2.45, 2.75) is 20.3 Å². The Morgan fingerprint density at radius 3 is 2.67 bits per heavy atom. The molecule has 1 rings (SSSR count). The van der Waals surface area contributed by atoms with Gasteiger partial charge in [-0.1, -0.05) is 13.0 Å². The molecule has 1 aromatic carbocycles. The molecule has 0 saturated carbocycles. The second-order valence-corrected chi connectivity index (χ2v) is 3.87. The summed E-state index contributed by atoms with van der Waals surface area (Å²) in [5.41, 5.74) is 1.95. The highest BCUT2D eigenvalue weighted by atomic mass is 16.5. The van der Waals surface area contributed by atoms with Crippen molar-refractivity contribution in [2.75, 3.05) is 19.0 Å². The smallest absolute Gasteiger partial charge is 0.411 e. The van der Waals surface area contributed by atoms with E-state index in [0.29, 0.717) is 17.9 Å². The van der Waals surface area contributed by atoms with Gasteiger partial charge in [-0.15, -0.1) is 0 Å². The number of nitrogens with one attached hydrogen (secondary N) is 2. The van der Waals surface area contributed by atoms with Crippen molar-refractivity contribution in [1.82, 2.24) is 5.32 Å². The molecule has 0 spiro atoms. The summed E-state index contributed by atoms with van der Waals surface area (Å²) in [7, 11) is 1.56. The van der Waals surface area contributed by atoms with Gasteiger partial charge in [-0.25, -0.2) is 4.79 Å². The molecule has 0 heterocycles. The standard InChI is InChI=1S/C13H18N2O3/c1-4-7-18-13(17)15-11-8-10(12(16)14-3)6-5-9(11)2/h5-6,8H,4,7H2,1-3H3,(H,14,16)(H,15,17). The van der Waals surface area contributed by atoms with Crippen LogP contribution in [0.3, 0.4) is 0 Å². The Bertz CT molecular complexity index is 444. The molecule has 0 fully saturated rings. The van der Waals surface area contributed by atoms with Crippen molar-refractivity contribution < 1.29 is 14.3 Å². The Kier molecular flexibility index (Phi) is 5.17. The largest absolute Gasteiger partial charge is 0.449 e. The van der Waals surface area contributed by atoms with Gasteiger partial charge in [0.2, 0.25) is 0 Å². The first kappa shape index (κ1) is 14.0. The van der Waals surface area contributed by atoms with E-state index in [0.717, 1.165) is 12.0 Å². The molecule has 0 saturated heterocycles. The maximum Gasteiger partial charge on any atom is 0.411 e. The molecule has 5 nitrogen and oxygen atoms in total. The van der Waals surface area contributed by atoms with E-state index in [1.807, 2.05) is 13.8 Å². The molecule has 0 aliphatic rings. The van der Waals surface area contributed by atoms with Crippen LogP contribution in [-0.2, 0) is 4.74 Å². The minimum absolute atomic E-state index is 0.194. The fourth-order valence-corrected chi connectivity index (χ4v) is 1.38. The average molecular weight is 250 g/mol. The van der Waals surface area contributed by atoms with Gasteiger partial charge in [-0.2, -0.15) is 0 Å². The lowest BCUT2D eigenvalue weighted by Crippen LogP contribution is -2.19. The molecule has 0 atom stereocenters. The molecule has 2 amide bonds. The minimum Gasteiger partial charge on any atom is -0.449 e. The summed E-state index contributed by atoms with van der Waals surface area (Å²) >= 11 is 0. The first-order valence-electron chi connectivity index (χ1n) is 5.85. The lowest BCUT2D eigenvalue weighted by molar-refractivity contribution is 0.0963. The third-order valence-electron chi connectivity index (χ3n) is 2.40. The Morgan fingerprint density at radius 1 is 1.33 bits per heavy atom. The van der Waals surface area contributed by atoms with E-state index in [4.69, 9.17) is 4.74 Å². The van der Waals surface area contributed by atoms with E-state index in [1.165, 1.54) is 0 Å². The molecule has 0 aromatic heterocycles. The molecule has 1 aromatic rings. The van der Waals surface area contributed by atoms with E-state index in [1.54, 1.807) is 25.2 Å². The number of anilines is 1. The zero-order valence-electron chi connectivity index (χ0n) is 10.9. The monoisotopic (exact) mass is 250 g/mol. The van der Waals surface area contributed by atoms with Crippen LogP contribution in [0.1, 0.15) is 29.3 Å². The summed E-state index contributed by atoms with van der Waals surface area (Å²) < 4.78 is 4.93. The van der Waals surface area contributed by atoms with E-state index < -0.39 is 6.09 Å². The fraction of sp³-hybridized carbons (Fsp3) is 0.385. The molecule has 0 radical (unpaired) electrons. The van der Waals surface area contributed by atoms with Crippen molar-refractivity contribution >= 4 is 17.7 Å². The first-order chi connectivity index (χ1) is 8.58. The predicted octanol–water partition coefficient (Wildman–Crippen LogP) is 2.31. The van der Waals surface area contributed by atoms with Crippen LogP contribution in [0.2, 0.25) is 0 Å². The second-order valence-electron chi connectivity index (χ2n) is 3.87. The molecule has 5 heteroatoms. The molecule has 0 aliphatic heterocycles. The molecule has 0 aliphatic carbocycles. The number of ether oxygens (including phenoxy) is 1. The predicted molar refractivity (Wildman–Crippen MR) is 69.8 cm³/mol. The van der Waals surface area contributed by atoms with Crippen molar-refractivity contribution in [3.05, 3.63) is 29.3 Å². The Labute approximate surface area is 107 Å². The van der Waals surface area contributed by atoms with Crippen LogP contribution < -0.4 is 10.6 Å². The van der Waals surface area contributed by atoms with Crippen LogP contribution in [0.15, 0.2) is 18.2 Å². The number of hydrogen-bond acceptors (Lipinski definition) is 3. The van der Waals surface area contributed by atoms with Crippen LogP contribution >= 0.6 is 0 Å². The third-order valence-corrected chi connectivity index (χ3v) is 2.40. The lowest BCUT2D eigenvalue weighted by Gasteiger charge is -2.10. The quantitative estimate of drug-likeness (QED) is 0.861. The normalized spacial score (nSPS) is 9.72. The minimum atomic E-state index is -0.506. The summed E-state index contributed by atoms with van der Waals surface area (Å²) in [6, 6.07) is 5.11. The number of aryl methyl sites for hydroxylation is 1. The summed E-state index contributed by atoms with van der Waals surface area (Å²) in [5, 5.41) is 5.16. The van der Waals surface area contributed by atoms with E-state index in [9.17, 15) is 9.59 Å².